The van der Waals surface area contributed by atoms with Crippen LogP contribution in [-0.2, 0) is 12.5 Å². The van der Waals surface area contributed by atoms with Gasteiger partial charge in [0.2, 0.25) is 6.36 Å². The molecule has 0 amide bonds. The second-order valence-electron chi connectivity index (χ2n) is 5.47. The molecule has 128 valence electrons. The topological polar surface area (TPSA) is 47.6 Å². The van der Waals surface area contributed by atoms with Crippen LogP contribution in [0.25, 0.3) is 0 Å². The first-order valence-electron chi connectivity index (χ1n) is 7.44. The smallest absolute Gasteiger partial charge is 0.270 e. The third-order valence-electron chi connectivity index (χ3n) is 3.34. The van der Waals surface area contributed by atoms with Crippen LogP contribution in [0.3, 0.4) is 0 Å². The normalized spacial score (nSPS) is 13.6. The van der Waals surface area contributed by atoms with Gasteiger partial charge in [-0.3, -0.25) is 4.99 Å². The van der Waals surface area contributed by atoms with Crippen molar-refractivity contribution >= 4 is 5.84 Å². The molecule has 0 fully saturated rings. The Morgan fingerprint density at radius 2 is 1.71 bits per heavy atom. The summed E-state index contributed by atoms with van der Waals surface area (Å²) in [4.78, 5) is 4.24. The third-order valence-corrected chi connectivity index (χ3v) is 3.34. The molecule has 2 N–H and O–H groups in total. The van der Waals surface area contributed by atoms with E-state index >= 15 is 0 Å². The maximum absolute atomic E-state index is 13.2. The van der Waals surface area contributed by atoms with Gasteiger partial charge in [0, 0.05) is 25.0 Å². The van der Waals surface area contributed by atoms with Gasteiger partial charge in [-0.2, -0.15) is 0 Å². The fourth-order valence-electron chi connectivity index (χ4n) is 2.06. The molecule has 0 saturated heterocycles. The van der Waals surface area contributed by atoms with E-state index in [4.69, 9.17) is 10.5 Å². The first-order valence-corrected chi connectivity index (χ1v) is 7.44. The largest absolute Gasteiger partial charge is 0.461 e. The minimum atomic E-state index is -2.86. The minimum Gasteiger partial charge on any atom is -0.461 e. The molecule has 1 unspecified atom stereocenters. The second-order valence-corrected chi connectivity index (χ2v) is 5.47. The molecular weight excluding hydrogens is 317 g/mol. The standard InChI is InChI=1S/C18H19F3N2O/c1-12(19)24-16-9-5-14(6-10-16)17(22)23-11-13-3-7-15(8-4-13)18(2,20)21/h3-10,12H,11H2,1-2H3,(H2,22,23). The lowest BCUT2D eigenvalue weighted by molar-refractivity contribution is 0.0174. The first-order chi connectivity index (χ1) is 11.3. The predicted octanol–water partition coefficient (Wildman–Crippen LogP) is 4.40. The van der Waals surface area contributed by atoms with E-state index in [2.05, 4.69) is 4.99 Å². The zero-order valence-corrected chi connectivity index (χ0v) is 13.5. The second kappa shape index (κ2) is 7.38. The Kier molecular flexibility index (Phi) is 5.49. The Morgan fingerprint density at radius 1 is 1.12 bits per heavy atom. The molecule has 2 aromatic carbocycles. The lowest BCUT2D eigenvalue weighted by Crippen LogP contribution is -2.14. The van der Waals surface area contributed by atoms with E-state index < -0.39 is 12.3 Å². The number of amidine groups is 1. The van der Waals surface area contributed by atoms with Crippen LogP contribution in [0.1, 0.15) is 30.5 Å². The molecule has 0 aliphatic carbocycles. The number of rotatable bonds is 6. The van der Waals surface area contributed by atoms with Gasteiger partial charge in [0.05, 0.1) is 6.54 Å². The van der Waals surface area contributed by atoms with Crippen LogP contribution >= 0.6 is 0 Å². The average molecular weight is 336 g/mol. The molecule has 6 heteroatoms. The zero-order chi connectivity index (χ0) is 17.7. The zero-order valence-electron chi connectivity index (χ0n) is 13.5. The first kappa shape index (κ1) is 17.8. The van der Waals surface area contributed by atoms with E-state index in [-0.39, 0.29) is 12.1 Å². The molecule has 3 nitrogen and oxygen atoms in total. The Hall–Kier alpha value is -2.50. The highest BCUT2D eigenvalue weighted by Gasteiger charge is 2.23. The van der Waals surface area contributed by atoms with Crippen LogP contribution in [-0.4, -0.2) is 12.2 Å². The average Bonchev–Trinajstić information content (AvgIpc) is 2.52. The maximum atomic E-state index is 13.2. The van der Waals surface area contributed by atoms with Crippen molar-refractivity contribution in [1.29, 1.82) is 0 Å². The molecular formula is C18H19F3N2O. The number of hydrogen-bond donors (Lipinski definition) is 1. The number of nitrogens with two attached hydrogens (primary N) is 1. The van der Waals surface area contributed by atoms with Crippen LogP contribution < -0.4 is 10.5 Å². The number of halogens is 3. The fraction of sp³-hybridized carbons (Fsp3) is 0.278. The van der Waals surface area contributed by atoms with E-state index in [0.717, 1.165) is 12.5 Å². The molecule has 0 aliphatic heterocycles. The van der Waals surface area contributed by atoms with Gasteiger partial charge >= 0.3 is 0 Å². The fourth-order valence-corrected chi connectivity index (χ4v) is 2.06. The summed E-state index contributed by atoms with van der Waals surface area (Å²) in [5.74, 6) is -2.15. The number of ether oxygens (including phenoxy) is 1. The summed E-state index contributed by atoms with van der Waals surface area (Å²) >= 11 is 0. The summed E-state index contributed by atoms with van der Waals surface area (Å²) in [5.41, 5.74) is 7.31. The van der Waals surface area contributed by atoms with Crippen LogP contribution in [0.15, 0.2) is 53.5 Å². The van der Waals surface area contributed by atoms with E-state index in [9.17, 15) is 13.2 Å². The number of hydrogen-bond acceptors (Lipinski definition) is 2. The molecule has 24 heavy (non-hydrogen) atoms. The number of benzene rings is 2. The lowest BCUT2D eigenvalue weighted by atomic mass is 10.1. The van der Waals surface area contributed by atoms with Crippen molar-refractivity contribution in [3.8, 4) is 5.75 Å². The summed E-state index contributed by atoms with van der Waals surface area (Å²) in [6.45, 7) is 2.43. The number of alkyl halides is 3. The van der Waals surface area contributed by atoms with E-state index in [1.54, 1.807) is 36.4 Å². The molecule has 0 aliphatic rings. The van der Waals surface area contributed by atoms with Gasteiger partial charge in [0.1, 0.15) is 11.6 Å². The van der Waals surface area contributed by atoms with Crippen molar-refractivity contribution in [3.05, 3.63) is 65.2 Å². The van der Waals surface area contributed by atoms with Gasteiger partial charge in [0.15, 0.2) is 0 Å². The van der Waals surface area contributed by atoms with Gasteiger partial charge in [-0.25, -0.2) is 13.2 Å². The number of aliphatic imine (C=N–C) groups is 1. The van der Waals surface area contributed by atoms with Crippen LogP contribution in [0.5, 0.6) is 5.75 Å². The highest BCUT2D eigenvalue weighted by atomic mass is 19.3. The quantitative estimate of drug-likeness (QED) is 0.628. The Bertz CT molecular complexity index is 690. The van der Waals surface area contributed by atoms with E-state index in [1.165, 1.54) is 19.1 Å². The predicted molar refractivity (Wildman–Crippen MR) is 88.1 cm³/mol. The highest BCUT2D eigenvalue weighted by molar-refractivity contribution is 5.97. The van der Waals surface area contributed by atoms with Crippen molar-refractivity contribution < 1.29 is 17.9 Å². The maximum Gasteiger partial charge on any atom is 0.270 e. The molecule has 1 atom stereocenters. The van der Waals surface area contributed by atoms with Gasteiger partial charge < -0.3 is 10.5 Å². The van der Waals surface area contributed by atoms with Crippen molar-refractivity contribution in [2.45, 2.75) is 32.7 Å². The highest BCUT2D eigenvalue weighted by Crippen LogP contribution is 2.26. The van der Waals surface area contributed by atoms with E-state index in [1.807, 2.05) is 0 Å². The van der Waals surface area contributed by atoms with Crippen molar-refractivity contribution in [1.82, 2.24) is 0 Å². The Labute approximate surface area is 139 Å². The van der Waals surface area contributed by atoms with Crippen LogP contribution in [0.4, 0.5) is 13.2 Å². The summed E-state index contributed by atoms with van der Waals surface area (Å²) in [6, 6.07) is 12.5. The van der Waals surface area contributed by atoms with Gasteiger partial charge in [0.25, 0.3) is 5.92 Å². The van der Waals surface area contributed by atoms with Crippen LogP contribution in [0, 0.1) is 0 Å². The Balaban J connectivity index is 2.03. The number of nitrogens with zero attached hydrogens (tertiary/aromatic N) is 1. The summed E-state index contributed by atoms with van der Waals surface area (Å²) in [5, 5.41) is 0. The molecule has 0 spiro atoms. The molecule has 2 aromatic rings. The Morgan fingerprint density at radius 3 is 2.21 bits per heavy atom. The van der Waals surface area contributed by atoms with Crippen molar-refractivity contribution in [2.24, 2.45) is 10.7 Å². The summed E-state index contributed by atoms with van der Waals surface area (Å²) in [7, 11) is 0. The third kappa shape index (κ3) is 5.01. The van der Waals surface area contributed by atoms with Gasteiger partial charge in [-0.05, 0) is 29.8 Å². The van der Waals surface area contributed by atoms with Gasteiger partial charge in [-0.1, -0.05) is 24.3 Å². The van der Waals surface area contributed by atoms with Crippen molar-refractivity contribution in [3.63, 3.8) is 0 Å². The molecule has 0 saturated carbocycles. The minimum absolute atomic E-state index is 0.0409. The molecule has 0 bridgehead atoms. The van der Waals surface area contributed by atoms with Gasteiger partial charge in [-0.15, -0.1) is 0 Å². The summed E-state index contributed by atoms with van der Waals surface area (Å²) < 4.78 is 44.0. The van der Waals surface area contributed by atoms with Crippen LogP contribution in [0.2, 0.25) is 0 Å². The molecule has 0 radical (unpaired) electrons. The molecule has 2 rings (SSSR count). The summed E-state index contributed by atoms with van der Waals surface area (Å²) in [6.07, 6.45) is -1.39. The van der Waals surface area contributed by atoms with Crippen molar-refractivity contribution in [2.75, 3.05) is 0 Å². The SMILES string of the molecule is CC(F)Oc1ccc(C(N)=NCc2ccc(C(C)(F)F)cc2)cc1. The molecule has 0 heterocycles. The van der Waals surface area contributed by atoms with E-state index in [0.29, 0.717) is 17.1 Å². The lowest BCUT2D eigenvalue weighted by Gasteiger charge is -2.10. The monoisotopic (exact) mass is 336 g/mol. The molecule has 0 aromatic heterocycles.